The Morgan fingerprint density at radius 1 is 1.09 bits per heavy atom. The summed E-state index contributed by atoms with van der Waals surface area (Å²) in [5.74, 6) is -0.461. The van der Waals surface area contributed by atoms with Crippen LogP contribution < -0.4 is 5.32 Å². The number of nitro groups is 1. The lowest BCUT2D eigenvalue weighted by Crippen LogP contribution is -2.35. The van der Waals surface area contributed by atoms with Crippen molar-refractivity contribution < 1.29 is 18.1 Å². The quantitative estimate of drug-likeness (QED) is 0.292. The smallest absolute Gasteiger partial charge is 0.296 e. The molecule has 33 heavy (non-hydrogen) atoms. The first-order chi connectivity index (χ1) is 15.8. The van der Waals surface area contributed by atoms with Crippen LogP contribution in [0.3, 0.4) is 0 Å². The highest BCUT2D eigenvalue weighted by atomic mass is 32.2. The van der Waals surface area contributed by atoms with Gasteiger partial charge in [0.05, 0.1) is 14.7 Å². The highest BCUT2D eigenvalue weighted by Crippen LogP contribution is 2.26. The van der Waals surface area contributed by atoms with E-state index in [1.165, 1.54) is 40.9 Å². The minimum Gasteiger partial charge on any atom is -0.296 e. The van der Waals surface area contributed by atoms with Gasteiger partial charge < -0.3 is 0 Å². The maximum absolute atomic E-state index is 12.7. The predicted octanol–water partition coefficient (Wildman–Crippen LogP) is 3.69. The van der Waals surface area contributed by atoms with Crippen molar-refractivity contribution in [2.75, 3.05) is 18.4 Å². The van der Waals surface area contributed by atoms with Gasteiger partial charge in [0.25, 0.3) is 5.91 Å². The van der Waals surface area contributed by atoms with Crippen LogP contribution in [0.1, 0.15) is 34.5 Å². The zero-order valence-electron chi connectivity index (χ0n) is 17.1. The molecule has 1 N–H and O–H groups in total. The number of carbonyl (C=O) groups excluding carboxylic acids is 1. The average molecular weight is 507 g/mol. The van der Waals surface area contributed by atoms with Crippen LogP contribution >= 0.6 is 22.7 Å². The Bertz CT molecular complexity index is 1290. The SMILES string of the molecule is O=C(Nc1nnc(/N=C/c2ccc([N+](=O)[O-])s2)s1)c1ccc(S(=O)(=O)N2CCCCC2)cc1. The van der Waals surface area contributed by atoms with E-state index in [0.29, 0.717) is 18.0 Å². The van der Waals surface area contributed by atoms with Crippen molar-refractivity contribution in [1.29, 1.82) is 0 Å². The van der Waals surface area contributed by atoms with E-state index < -0.39 is 20.9 Å². The molecule has 1 aliphatic heterocycles. The van der Waals surface area contributed by atoms with Crippen molar-refractivity contribution in [3.05, 3.63) is 57.0 Å². The molecule has 0 atom stereocenters. The zero-order valence-corrected chi connectivity index (χ0v) is 19.5. The number of aromatic nitrogens is 2. The lowest BCUT2D eigenvalue weighted by Gasteiger charge is -2.25. The number of hydrogen-bond donors (Lipinski definition) is 1. The molecule has 11 nitrogen and oxygen atoms in total. The van der Waals surface area contributed by atoms with Gasteiger partial charge >= 0.3 is 5.00 Å². The lowest BCUT2D eigenvalue weighted by molar-refractivity contribution is -0.380. The molecule has 1 aliphatic rings. The minimum atomic E-state index is -3.56. The van der Waals surface area contributed by atoms with Crippen LogP contribution in [0.25, 0.3) is 0 Å². The van der Waals surface area contributed by atoms with Crippen LogP contribution in [0.2, 0.25) is 0 Å². The van der Waals surface area contributed by atoms with Crippen LogP contribution in [0, 0.1) is 10.1 Å². The number of hydrogen-bond acceptors (Lipinski definition) is 10. The summed E-state index contributed by atoms with van der Waals surface area (Å²) in [7, 11) is -3.56. The van der Waals surface area contributed by atoms with Crippen LogP contribution in [0.15, 0.2) is 46.3 Å². The standard InChI is InChI=1S/C19H18N6O5S3/c26-17(13-4-7-15(8-5-13)33(29,30)24-10-2-1-3-11-24)21-19-23-22-18(32-19)20-12-14-6-9-16(31-14)25(27)28/h4-9,12H,1-3,10-11H2,(H,21,23,26)/b20-12+. The van der Waals surface area contributed by atoms with Gasteiger partial charge in [-0.2, -0.15) is 4.31 Å². The van der Waals surface area contributed by atoms with Crippen molar-refractivity contribution in [2.24, 2.45) is 4.99 Å². The second-order valence-electron chi connectivity index (χ2n) is 7.02. The molecule has 0 unspecified atom stereocenters. The van der Waals surface area contributed by atoms with E-state index >= 15 is 0 Å². The molecule has 1 aromatic carbocycles. The van der Waals surface area contributed by atoms with Gasteiger partial charge in [-0.05, 0) is 43.2 Å². The number of amides is 1. The number of piperidine rings is 1. The van der Waals surface area contributed by atoms with Crippen LogP contribution in [0.5, 0.6) is 0 Å². The molecule has 172 valence electrons. The molecule has 3 aromatic rings. The number of benzene rings is 1. The first-order valence-electron chi connectivity index (χ1n) is 9.86. The third-order valence-corrected chi connectivity index (χ3v) is 8.43. The Morgan fingerprint density at radius 3 is 2.48 bits per heavy atom. The molecule has 0 radical (unpaired) electrons. The number of nitrogens with one attached hydrogen (secondary N) is 1. The number of sulfonamides is 1. The van der Waals surface area contributed by atoms with Gasteiger partial charge in [0, 0.05) is 30.9 Å². The Morgan fingerprint density at radius 2 is 1.82 bits per heavy atom. The van der Waals surface area contributed by atoms with Crippen molar-refractivity contribution in [3.8, 4) is 0 Å². The second-order valence-corrected chi connectivity index (χ2v) is 11.0. The summed E-state index contributed by atoms with van der Waals surface area (Å²) in [6.07, 6.45) is 4.16. The number of nitrogens with zero attached hydrogens (tertiary/aromatic N) is 5. The highest BCUT2D eigenvalue weighted by Gasteiger charge is 2.26. The molecule has 1 fully saturated rings. The number of anilines is 1. The van der Waals surface area contributed by atoms with Gasteiger partial charge in [-0.1, -0.05) is 29.1 Å². The Kier molecular flexibility index (Phi) is 6.88. The van der Waals surface area contributed by atoms with E-state index in [2.05, 4.69) is 20.5 Å². The van der Waals surface area contributed by atoms with Crippen molar-refractivity contribution in [2.45, 2.75) is 24.2 Å². The normalized spacial score (nSPS) is 15.0. The summed E-state index contributed by atoms with van der Waals surface area (Å²) >= 11 is 2.01. The largest absolute Gasteiger partial charge is 0.324 e. The Labute approximate surface area is 197 Å². The van der Waals surface area contributed by atoms with Crippen molar-refractivity contribution in [3.63, 3.8) is 0 Å². The van der Waals surface area contributed by atoms with E-state index in [1.807, 2.05) is 0 Å². The monoisotopic (exact) mass is 506 g/mol. The molecular weight excluding hydrogens is 488 g/mol. The number of rotatable bonds is 7. The van der Waals surface area contributed by atoms with Crippen molar-refractivity contribution >= 4 is 60.1 Å². The summed E-state index contributed by atoms with van der Waals surface area (Å²) in [5, 5.41) is 21.5. The fourth-order valence-corrected chi connectivity index (χ4v) is 5.94. The van der Waals surface area contributed by atoms with Gasteiger partial charge in [0.1, 0.15) is 0 Å². The summed E-state index contributed by atoms with van der Waals surface area (Å²) in [4.78, 5) is 27.6. The number of aliphatic imine (C=N–C) groups is 1. The first kappa shape index (κ1) is 23.1. The zero-order chi connectivity index (χ0) is 23.4. The van der Waals surface area contributed by atoms with E-state index in [1.54, 1.807) is 6.07 Å². The predicted molar refractivity (Wildman–Crippen MR) is 125 cm³/mol. The average Bonchev–Trinajstić information content (AvgIpc) is 3.48. The van der Waals surface area contributed by atoms with Crippen LogP contribution in [0.4, 0.5) is 15.3 Å². The topological polar surface area (TPSA) is 148 Å². The van der Waals surface area contributed by atoms with E-state index in [9.17, 15) is 23.3 Å². The molecule has 0 saturated carbocycles. The van der Waals surface area contributed by atoms with Gasteiger partial charge in [-0.25, -0.2) is 13.4 Å². The highest BCUT2D eigenvalue weighted by molar-refractivity contribution is 7.89. The number of carbonyl (C=O) groups is 1. The molecule has 14 heteroatoms. The minimum absolute atomic E-state index is 0.0106. The van der Waals surface area contributed by atoms with Crippen LogP contribution in [-0.2, 0) is 10.0 Å². The van der Waals surface area contributed by atoms with Crippen LogP contribution in [-0.4, -0.2) is 53.1 Å². The van der Waals surface area contributed by atoms with Gasteiger partial charge in [-0.3, -0.25) is 20.2 Å². The second kappa shape index (κ2) is 9.82. The van der Waals surface area contributed by atoms with E-state index in [0.717, 1.165) is 41.9 Å². The molecular formula is C19H18N6O5S3. The lowest BCUT2D eigenvalue weighted by atomic mass is 10.2. The molecule has 0 aliphatic carbocycles. The molecule has 3 heterocycles. The molecule has 4 rings (SSSR count). The summed E-state index contributed by atoms with van der Waals surface area (Å²) < 4.78 is 26.9. The maximum atomic E-state index is 12.7. The summed E-state index contributed by atoms with van der Waals surface area (Å²) in [5.41, 5.74) is 0.277. The molecule has 0 bridgehead atoms. The third-order valence-electron chi connectivity index (χ3n) is 4.80. The summed E-state index contributed by atoms with van der Waals surface area (Å²) in [6, 6.07) is 8.72. The fourth-order valence-electron chi connectivity index (χ4n) is 3.15. The first-order valence-corrected chi connectivity index (χ1v) is 12.9. The Balaban J connectivity index is 1.39. The molecule has 1 amide bonds. The van der Waals surface area contributed by atoms with Gasteiger partial charge in [-0.15, -0.1) is 10.2 Å². The molecule has 1 saturated heterocycles. The summed E-state index contributed by atoms with van der Waals surface area (Å²) in [6.45, 7) is 1.02. The third kappa shape index (κ3) is 5.47. The van der Waals surface area contributed by atoms with E-state index in [4.69, 9.17) is 0 Å². The number of thiophene rings is 1. The molecule has 2 aromatic heterocycles. The van der Waals surface area contributed by atoms with Gasteiger partial charge in [0.2, 0.25) is 20.3 Å². The Hall–Kier alpha value is -3.07. The van der Waals surface area contributed by atoms with E-state index in [-0.39, 0.29) is 25.7 Å². The van der Waals surface area contributed by atoms with Crippen molar-refractivity contribution in [1.82, 2.24) is 14.5 Å². The fraction of sp³-hybridized carbons (Fsp3) is 0.263. The van der Waals surface area contributed by atoms with Gasteiger partial charge in [0.15, 0.2) is 0 Å². The molecule has 0 spiro atoms. The maximum Gasteiger partial charge on any atom is 0.324 e.